The van der Waals surface area contributed by atoms with Crippen molar-refractivity contribution in [3.8, 4) is 0 Å². The number of nitrogens with one attached hydrogen (secondary N) is 1. The number of carboxylic acids is 1. The Morgan fingerprint density at radius 3 is 2.29 bits per heavy atom. The molecule has 0 amide bonds. The highest BCUT2D eigenvalue weighted by atomic mass is 16.4. The van der Waals surface area contributed by atoms with Crippen LogP contribution in [0.2, 0.25) is 0 Å². The van der Waals surface area contributed by atoms with E-state index in [0.717, 1.165) is 16.5 Å². The highest BCUT2D eigenvalue weighted by Gasteiger charge is 2.15. The van der Waals surface area contributed by atoms with E-state index in [1.807, 2.05) is 30.3 Å². The van der Waals surface area contributed by atoms with Crippen LogP contribution in [0.4, 0.5) is 5.69 Å². The second-order valence-electron chi connectivity index (χ2n) is 5.84. The smallest absolute Gasteiger partial charge is 0.336 e. The first-order valence-electron chi connectivity index (χ1n) is 7.77. The molecular weight excluding hydrogens is 262 g/mol. The lowest BCUT2D eigenvalue weighted by atomic mass is 10.0. The first kappa shape index (κ1) is 13.9. The van der Waals surface area contributed by atoms with Gasteiger partial charge < -0.3 is 10.4 Å². The monoisotopic (exact) mass is 283 g/mol. The van der Waals surface area contributed by atoms with E-state index >= 15 is 0 Å². The minimum absolute atomic E-state index is 0.372. The molecule has 2 N–H and O–H groups in total. The highest BCUT2D eigenvalue weighted by molar-refractivity contribution is 6.07. The number of anilines is 1. The Morgan fingerprint density at radius 2 is 1.62 bits per heavy atom. The summed E-state index contributed by atoms with van der Waals surface area (Å²) in [7, 11) is 0. The van der Waals surface area contributed by atoms with Gasteiger partial charge in [-0.25, -0.2) is 4.79 Å². The fraction of sp³-hybridized carbons (Fsp3) is 0.389. The number of rotatable bonds is 3. The maximum atomic E-state index is 11.3. The number of carboxylic acid groups (broad SMARTS) is 1. The third-order valence-electron chi connectivity index (χ3n) is 4.37. The molecule has 3 nitrogen and oxygen atoms in total. The highest BCUT2D eigenvalue weighted by Crippen LogP contribution is 2.29. The number of benzene rings is 2. The largest absolute Gasteiger partial charge is 0.478 e. The summed E-state index contributed by atoms with van der Waals surface area (Å²) in [5, 5.41) is 14.8. The molecule has 2 aromatic rings. The van der Waals surface area contributed by atoms with E-state index in [1.54, 1.807) is 6.07 Å². The van der Waals surface area contributed by atoms with Crippen molar-refractivity contribution in [2.24, 2.45) is 0 Å². The molecule has 3 rings (SSSR count). The van der Waals surface area contributed by atoms with Crippen molar-refractivity contribution in [3.63, 3.8) is 0 Å². The first-order chi connectivity index (χ1) is 10.3. The first-order valence-corrected chi connectivity index (χ1v) is 7.77. The van der Waals surface area contributed by atoms with Crippen LogP contribution >= 0.6 is 0 Å². The lowest BCUT2D eigenvalue weighted by molar-refractivity contribution is 0.0699. The molecule has 0 saturated heterocycles. The van der Waals surface area contributed by atoms with Crippen molar-refractivity contribution in [1.29, 1.82) is 0 Å². The molecule has 0 spiro atoms. The predicted octanol–water partition coefficient (Wildman–Crippen LogP) is 4.67. The third-order valence-corrected chi connectivity index (χ3v) is 4.37. The van der Waals surface area contributed by atoms with E-state index in [0.29, 0.717) is 11.6 Å². The van der Waals surface area contributed by atoms with Crippen LogP contribution in [0.3, 0.4) is 0 Å². The van der Waals surface area contributed by atoms with Crippen LogP contribution in [0.1, 0.15) is 48.9 Å². The van der Waals surface area contributed by atoms with Gasteiger partial charge in [0.2, 0.25) is 0 Å². The van der Waals surface area contributed by atoms with Gasteiger partial charge in [0.15, 0.2) is 0 Å². The predicted molar refractivity (Wildman–Crippen MR) is 86.0 cm³/mol. The van der Waals surface area contributed by atoms with Gasteiger partial charge in [0.05, 0.1) is 5.56 Å². The van der Waals surface area contributed by atoms with Gasteiger partial charge >= 0.3 is 5.97 Å². The molecule has 0 aliphatic heterocycles. The van der Waals surface area contributed by atoms with Crippen LogP contribution in [0.5, 0.6) is 0 Å². The van der Waals surface area contributed by atoms with Gasteiger partial charge in [0.25, 0.3) is 0 Å². The van der Waals surface area contributed by atoms with Crippen LogP contribution < -0.4 is 5.32 Å². The summed E-state index contributed by atoms with van der Waals surface area (Å²) in [5.74, 6) is -0.868. The summed E-state index contributed by atoms with van der Waals surface area (Å²) in [6, 6.07) is 11.9. The lowest BCUT2D eigenvalue weighted by Gasteiger charge is -2.19. The van der Waals surface area contributed by atoms with E-state index in [-0.39, 0.29) is 0 Å². The zero-order chi connectivity index (χ0) is 14.7. The summed E-state index contributed by atoms with van der Waals surface area (Å²) in [6.45, 7) is 0. The fourth-order valence-corrected chi connectivity index (χ4v) is 3.26. The molecule has 0 unspecified atom stereocenters. The van der Waals surface area contributed by atoms with Crippen molar-refractivity contribution < 1.29 is 9.90 Å². The SMILES string of the molecule is O=C(O)c1ccc(NC2CCCCCC2)c2ccccc12. The van der Waals surface area contributed by atoms with Gasteiger partial charge in [-0.1, -0.05) is 49.9 Å². The van der Waals surface area contributed by atoms with Gasteiger partial charge in [-0.15, -0.1) is 0 Å². The summed E-state index contributed by atoms with van der Waals surface area (Å²) in [4.78, 5) is 11.3. The molecule has 1 aliphatic rings. The molecule has 0 bridgehead atoms. The van der Waals surface area contributed by atoms with Crippen LogP contribution in [0.25, 0.3) is 10.8 Å². The molecule has 1 aliphatic carbocycles. The Kier molecular flexibility index (Phi) is 4.09. The van der Waals surface area contributed by atoms with E-state index in [2.05, 4.69) is 5.32 Å². The van der Waals surface area contributed by atoms with Crippen LogP contribution in [0, 0.1) is 0 Å². The molecule has 2 aromatic carbocycles. The molecule has 0 radical (unpaired) electrons. The summed E-state index contributed by atoms with van der Waals surface area (Å²) < 4.78 is 0. The standard InChI is InChI=1S/C18H21NO2/c20-18(21)16-11-12-17(15-10-6-5-9-14(15)16)19-13-7-3-1-2-4-8-13/h5-6,9-13,19H,1-4,7-8H2,(H,20,21). The van der Waals surface area contributed by atoms with Gasteiger partial charge in [-0.05, 0) is 30.4 Å². The number of carbonyl (C=O) groups is 1. The Labute approximate surface area is 125 Å². The van der Waals surface area contributed by atoms with Crippen molar-refractivity contribution in [2.45, 2.75) is 44.6 Å². The summed E-state index contributed by atoms with van der Waals surface area (Å²) in [6.07, 6.45) is 7.63. The molecule has 0 heterocycles. The van der Waals surface area contributed by atoms with Crippen molar-refractivity contribution in [3.05, 3.63) is 42.0 Å². The molecule has 1 fully saturated rings. The average Bonchev–Trinajstić information content (AvgIpc) is 2.76. The third kappa shape index (κ3) is 3.02. The van der Waals surface area contributed by atoms with Crippen molar-refractivity contribution in [1.82, 2.24) is 0 Å². The van der Waals surface area contributed by atoms with Gasteiger partial charge in [-0.3, -0.25) is 0 Å². The molecule has 0 atom stereocenters. The van der Waals surface area contributed by atoms with Gasteiger partial charge in [-0.2, -0.15) is 0 Å². The van der Waals surface area contributed by atoms with E-state index < -0.39 is 5.97 Å². The Bertz CT molecular complexity index is 643. The van der Waals surface area contributed by atoms with Crippen LogP contribution in [0.15, 0.2) is 36.4 Å². The van der Waals surface area contributed by atoms with Crippen molar-refractivity contribution >= 4 is 22.4 Å². The maximum absolute atomic E-state index is 11.3. The number of hydrogen-bond donors (Lipinski definition) is 2. The molecule has 3 heteroatoms. The number of fused-ring (bicyclic) bond motifs is 1. The normalized spacial score (nSPS) is 16.6. The molecule has 1 saturated carbocycles. The lowest BCUT2D eigenvalue weighted by Crippen LogP contribution is -2.18. The summed E-state index contributed by atoms with van der Waals surface area (Å²) in [5.41, 5.74) is 1.43. The topological polar surface area (TPSA) is 49.3 Å². The van der Waals surface area contributed by atoms with Gasteiger partial charge in [0.1, 0.15) is 0 Å². The van der Waals surface area contributed by atoms with Crippen LogP contribution in [-0.2, 0) is 0 Å². The Morgan fingerprint density at radius 1 is 0.952 bits per heavy atom. The van der Waals surface area contributed by atoms with Gasteiger partial charge in [0, 0.05) is 17.1 Å². The van der Waals surface area contributed by atoms with Crippen LogP contribution in [-0.4, -0.2) is 17.1 Å². The zero-order valence-corrected chi connectivity index (χ0v) is 12.1. The molecule has 0 aromatic heterocycles. The maximum Gasteiger partial charge on any atom is 0.336 e. The Hall–Kier alpha value is -2.03. The molecule has 110 valence electrons. The number of aromatic carboxylic acids is 1. The van der Waals surface area contributed by atoms with E-state index in [1.165, 1.54) is 38.5 Å². The van der Waals surface area contributed by atoms with E-state index in [4.69, 9.17) is 0 Å². The zero-order valence-electron chi connectivity index (χ0n) is 12.1. The second-order valence-corrected chi connectivity index (χ2v) is 5.84. The average molecular weight is 283 g/mol. The minimum Gasteiger partial charge on any atom is -0.478 e. The molecule has 21 heavy (non-hydrogen) atoms. The second kappa shape index (κ2) is 6.17. The summed E-state index contributed by atoms with van der Waals surface area (Å²) >= 11 is 0. The number of hydrogen-bond acceptors (Lipinski definition) is 2. The minimum atomic E-state index is -0.868. The van der Waals surface area contributed by atoms with Crippen molar-refractivity contribution in [2.75, 3.05) is 5.32 Å². The Balaban J connectivity index is 1.95. The molecular formula is C18H21NO2. The quantitative estimate of drug-likeness (QED) is 0.805. The fourth-order valence-electron chi connectivity index (χ4n) is 3.26. The van der Waals surface area contributed by atoms with E-state index in [9.17, 15) is 9.90 Å².